The van der Waals surface area contributed by atoms with Crippen molar-refractivity contribution in [3.8, 4) is 0 Å². The molecule has 0 saturated carbocycles. The van der Waals surface area contributed by atoms with Gasteiger partial charge in [-0.2, -0.15) is 0 Å². The van der Waals surface area contributed by atoms with Crippen LogP contribution >= 0.6 is 0 Å². The van der Waals surface area contributed by atoms with Crippen molar-refractivity contribution in [3.05, 3.63) is 17.6 Å². The van der Waals surface area contributed by atoms with E-state index in [4.69, 9.17) is 0 Å². The van der Waals surface area contributed by atoms with Gasteiger partial charge in [0, 0.05) is 13.1 Å². The van der Waals surface area contributed by atoms with Crippen molar-refractivity contribution < 1.29 is 5.11 Å². The highest BCUT2D eigenvalue weighted by atomic mass is 16.3. The Morgan fingerprint density at radius 1 is 1.43 bits per heavy atom. The van der Waals surface area contributed by atoms with Crippen molar-refractivity contribution in [1.82, 2.24) is 9.97 Å². The molecule has 1 aliphatic heterocycles. The summed E-state index contributed by atoms with van der Waals surface area (Å²) in [6.07, 6.45) is 2.40. The fourth-order valence-corrected chi connectivity index (χ4v) is 1.63. The van der Waals surface area contributed by atoms with Crippen LogP contribution in [0.5, 0.6) is 0 Å². The van der Waals surface area contributed by atoms with Gasteiger partial charge in [0.15, 0.2) is 0 Å². The maximum atomic E-state index is 9.39. The van der Waals surface area contributed by atoms with Gasteiger partial charge in [-0.15, -0.1) is 0 Å². The zero-order valence-electron chi connectivity index (χ0n) is 8.56. The number of aliphatic hydroxyl groups is 1. The maximum absolute atomic E-state index is 9.39. The highest BCUT2D eigenvalue weighted by Gasteiger charge is 2.21. The Morgan fingerprint density at radius 3 is 2.79 bits per heavy atom. The molecule has 76 valence electrons. The summed E-state index contributed by atoms with van der Waals surface area (Å²) in [4.78, 5) is 10.8. The summed E-state index contributed by atoms with van der Waals surface area (Å²) in [5.74, 6) is 0.879. The summed E-state index contributed by atoms with van der Waals surface area (Å²) >= 11 is 0. The molecule has 0 amide bonds. The van der Waals surface area contributed by atoms with Crippen LogP contribution in [0, 0.1) is 13.8 Å². The zero-order valence-corrected chi connectivity index (χ0v) is 8.56. The highest BCUT2D eigenvalue weighted by Crippen LogP contribution is 2.17. The Hall–Kier alpha value is -1.16. The Kier molecular flexibility index (Phi) is 2.37. The molecule has 0 radical (unpaired) electrons. The smallest absolute Gasteiger partial charge is 0.147 e. The first-order valence-electron chi connectivity index (χ1n) is 4.90. The monoisotopic (exact) mass is 193 g/mol. The lowest BCUT2D eigenvalue weighted by Gasteiger charge is -2.16. The number of hydrogen-bond donors (Lipinski definition) is 1. The van der Waals surface area contributed by atoms with Gasteiger partial charge >= 0.3 is 0 Å². The van der Waals surface area contributed by atoms with Crippen molar-refractivity contribution in [3.63, 3.8) is 0 Å². The van der Waals surface area contributed by atoms with Crippen molar-refractivity contribution in [2.24, 2.45) is 0 Å². The van der Waals surface area contributed by atoms with E-state index in [1.54, 1.807) is 6.20 Å². The van der Waals surface area contributed by atoms with E-state index < -0.39 is 0 Å². The number of hydrogen-bond acceptors (Lipinski definition) is 4. The standard InChI is InChI=1S/C10H15N3O/c1-7-8(2)12-10(5-11-7)13-4-3-9(14)6-13/h5,9,14H,3-4,6H2,1-2H3/t9-/m0/s1. The first-order chi connectivity index (χ1) is 6.66. The molecule has 2 heterocycles. The average molecular weight is 193 g/mol. The van der Waals surface area contributed by atoms with E-state index in [1.807, 2.05) is 13.8 Å². The van der Waals surface area contributed by atoms with E-state index in [1.165, 1.54) is 0 Å². The summed E-state index contributed by atoms with van der Waals surface area (Å²) in [6.45, 7) is 5.46. The molecule has 0 unspecified atom stereocenters. The van der Waals surface area contributed by atoms with E-state index in [2.05, 4.69) is 14.9 Å². The van der Waals surface area contributed by atoms with Gasteiger partial charge in [-0.05, 0) is 20.3 Å². The minimum atomic E-state index is -0.210. The van der Waals surface area contributed by atoms with E-state index in [9.17, 15) is 5.11 Å². The first-order valence-corrected chi connectivity index (χ1v) is 4.90. The van der Waals surface area contributed by atoms with Crippen LogP contribution < -0.4 is 4.90 Å². The number of rotatable bonds is 1. The molecule has 0 spiro atoms. The quantitative estimate of drug-likeness (QED) is 0.712. The first kappa shape index (κ1) is 9.40. The molecular formula is C10H15N3O. The third-order valence-corrected chi connectivity index (χ3v) is 2.67. The minimum absolute atomic E-state index is 0.210. The third-order valence-electron chi connectivity index (χ3n) is 2.67. The molecule has 1 saturated heterocycles. The number of anilines is 1. The fourth-order valence-electron chi connectivity index (χ4n) is 1.63. The van der Waals surface area contributed by atoms with E-state index in [-0.39, 0.29) is 6.10 Å². The van der Waals surface area contributed by atoms with Crippen LogP contribution in [0.2, 0.25) is 0 Å². The van der Waals surface area contributed by atoms with Crippen molar-refractivity contribution in [2.75, 3.05) is 18.0 Å². The Bertz CT molecular complexity index is 340. The molecular weight excluding hydrogens is 178 g/mol. The zero-order chi connectivity index (χ0) is 10.1. The topological polar surface area (TPSA) is 49.2 Å². The number of aliphatic hydroxyl groups excluding tert-OH is 1. The Labute approximate surface area is 83.6 Å². The second kappa shape index (κ2) is 3.53. The summed E-state index contributed by atoms with van der Waals surface area (Å²) in [6, 6.07) is 0. The van der Waals surface area contributed by atoms with Gasteiger partial charge in [-0.25, -0.2) is 4.98 Å². The lowest BCUT2D eigenvalue weighted by Crippen LogP contribution is -2.22. The normalized spacial score (nSPS) is 21.6. The van der Waals surface area contributed by atoms with Gasteiger partial charge < -0.3 is 10.0 Å². The van der Waals surface area contributed by atoms with Crippen molar-refractivity contribution >= 4 is 5.82 Å². The SMILES string of the molecule is Cc1ncc(N2CC[C@H](O)C2)nc1C. The molecule has 1 aliphatic rings. The lowest BCUT2D eigenvalue weighted by molar-refractivity contribution is 0.198. The third kappa shape index (κ3) is 1.70. The van der Waals surface area contributed by atoms with Crippen LogP contribution in [0.3, 0.4) is 0 Å². The molecule has 1 fully saturated rings. The molecule has 0 aliphatic carbocycles. The lowest BCUT2D eigenvalue weighted by atomic mass is 10.3. The number of aryl methyl sites for hydroxylation is 2. The van der Waals surface area contributed by atoms with Crippen molar-refractivity contribution in [2.45, 2.75) is 26.4 Å². The molecule has 0 bridgehead atoms. The van der Waals surface area contributed by atoms with Crippen LogP contribution in [-0.2, 0) is 0 Å². The molecule has 1 N–H and O–H groups in total. The van der Waals surface area contributed by atoms with Crippen molar-refractivity contribution in [1.29, 1.82) is 0 Å². The number of β-amino-alcohol motifs (C(OH)–C–C–N with tert-alkyl or cyclic N) is 1. The van der Waals surface area contributed by atoms with E-state index in [0.29, 0.717) is 6.54 Å². The summed E-state index contributed by atoms with van der Waals surface area (Å²) in [7, 11) is 0. The molecule has 14 heavy (non-hydrogen) atoms. The Balaban J connectivity index is 2.20. The van der Waals surface area contributed by atoms with Crippen LogP contribution in [0.25, 0.3) is 0 Å². The second-order valence-corrected chi connectivity index (χ2v) is 3.79. The molecule has 0 aromatic carbocycles. The molecule has 1 atom stereocenters. The predicted molar refractivity (Wildman–Crippen MR) is 54.3 cm³/mol. The Morgan fingerprint density at radius 2 is 2.21 bits per heavy atom. The largest absolute Gasteiger partial charge is 0.391 e. The average Bonchev–Trinajstić information content (AvgIpc) is 2.57. The highest BCUT2D eigenvalue weighted by molar-refractivity contribution is 5.38. The molecule has 4 nitrogen and oxygen atoms in total. The fraction of sp³-hybridized carbons (Fsp3) is 0.600. The predicted octanol–water partition coefficient (Wildman–Crippen LogP) is 0.664. The number of nitrogens with zero attached hydrogens (tertiary/aromatic N) is 3. The molecule has 1 aromatic heterocycles. The van der Waals surface area contributed by atoms with E-state index in [0.717, 1.165) is 30.2 Å². The van der Waals surface area contributed by atoms with Gasteiger partial charge in [0.2, 0.25) is 0 Å². The minimum Gasteiger partial charge on any atom is -0.391 e. The van der Waals surface area contributed by atoms with Gasteiger partial charge in [-0.1, -0.05) is 0 Å². The van der Waals surface area contributed by atoms with Gasteiger partial charge in [-0.3, -0.25) is 4.98 Å². The number of aromatic nitrogens is 2. The van der Waals surface area contributed by atoms with E-state index >= 15 is 0 Å². The summed E-state index contributed by atoms with van der Waals surface area (Å²) < 4.78 is 0. The van der Waals surface area contributed by atoms with Crippen LogP contribution in [0.15, 0.2) is 6.20 Å². The maximum Gasteiger partial charge on any atom is 0.147 e. The second-order valence-electron chi connectivity index (χ2n) is 3.79. The molecule has 4 heteroatoms. The molecule has 2 rings (SSSR count). The van der Waals surface area contributed by atoms with Gasteiger partial charge in [0.05, 0.1) is 23.7 Å². The van der Waals surface area contributed by atoms with Crippen LogP contribution in [0.4, 0.5) is 5.82 Å². The summed E-state index contributed by atoms with van der Waals surface area (Å²) in [5.41, 5.74) is 1.93. The van der Waals surface area contributed by atoms with Gasteiger partial charge in [0.1, 0.15) is 5.82 Å². The van der Waals surface area contributed by atoms with Crippen LogP contribution in [0.1, 0.15) is 17.8 Å². The molecule has 1 aromatic rings. The van der Waals surface area contributed by atoms with Gasteiger partial charge in [0.25, 0.3) is 0 Å². The van der Waals surface area contributed by atoms with Crippen LogP contribution in [-0.4, -0.2) is 34.3 Å². The summed E-state index contributed by atoms with van der Waals surface area (Å²) in [5, 5.41) is 9.39.